The van der Waals surface area contributed by atoms with Crippen LogP contribution in [-0.2, 0) is 0 Å². The Labute approximate surface area is 69.6 Å². The van der Waals surface area contributed by atoms with Crippen molar-refractivity contribution >= 4 is 11.4 Å². The Balaban J connectivity index is 2.82. The van der Waals surface area contributed by atoms with Crippen LogP contribution < -0.4 is 10.6 Å². The summed E-state index contributed by atoms with van der Waals surface area (Å²) in [5, 5.41) is 0. The highest BCUT2D eigenvalue weighted by Gasteiger charge is 2.10. The fraction of sp³-hybridized carbons (Fsp3) is 0.250. The third-order valence-electron chi connectivity index (χ3n) is 1.59. The van der Waals surface area contributed by atoms with Crippen molar-refractivity contribution in [1.82, 2.24) is 0 Å². The van der Waals surface area contributed by atoms with E-state index in [9.17, 15) is 8.78 Å². The van der Waals surface area contributed by atoms with Gasteiger partial charge in [0.2, 0.25) is 0 Å². The van der Waals surface area contributed by atoms with E-state index in [1.165, 1.54) is 7.05 Å². The number of halogens is 2. The SMILES string of the molecule is CN(c1ccc(N)cc1)C(F)F. The second-order valence-corrected chi connectivity index (χ2v) is 2.48. The Morgan fingerprint density at radius 2 is 1.75 bits per heavy atom. The Bertz CT molecular complexity index is 246. The summed E-state index contributed by atoms with van der Waals surface area (Å²) < 4.78 is 24.2. The second-order valence-electron chi connectivity index (χ2n) is 2.48. The maximum atomic E-state index is 12.1. The van der Waals surface area contributed by atoms with Gasteiger partial charge in [-0.1, -0.05) is 0 Å². The number of alkyl halides is 2. The molecule has 0 aliphatic rings. The number of nitrogens with two attached hydrogens (primary N) is 1. The zero-order chi connectivity index (χ0) is 9.14. The smallest absolute Gasteiger partial charge is 0.315 e. The fourth-order valence-electron chi connectivity index (χ4n) is 0.822. The van der Waals surface area contributed by atoms with Crippen LogP contribution in [0.25, 0.3) is 0 Å². The summed E-state index contributed by atoms with van der Waals surface area (Å²) in [4.78, 5) is 0.874. The largest absolute Gasteiger partial charge is 0.399 e. The van der Waals surface area contributed by atoms with Gasteiger partial charge in [-0.2, -0.15) is 8.78 Å². The van der Waals surface area contributed by atoms with Gasteiger partial charge in [-0.3, -0.25) is 0 Å². The van der Waals surface area contributed by atoms with E-state index >= 15 is 0 Å². The molecule has 0 atom stereocenters. The van der Waals surface area contributed by atoms with Gasteiger partial charge in [0.15, 0.2) is 0 Å². The zero-order valence-corrected chi connectivity index (χ0v) is 6.67. The van der Waals surface area contributed by atoms with Gasteiger partial charge < -0.3 is 10.6 Å². The van der Waals surface area contributed by atoms with Crippen molar-refractivity contribution in [3.05, 3.63) is 24.3 Å². The first-order valence-electron chi connectivity index (χ1n) is 3.48. The van der Waals surface area contributed by atoms with Gasteiger partial charge in [-0.05, 0) is 24.3 Å². The standard InChI is InChI=1S/C8H10F2N2/c1-12(8(9)10)7-4-2-6(11)3-5-7/h2-5,8H,11H2,1H3. The lowest BCUT2D eigenvalue weighted by Gasteiger charge is -2.17. The molecule has 1 aromatic carbocycles. The summed E-state index contributed by atoms with van der Waals surface area (Å²) >= 11 is 0. The van der Waals surface area contributed by atoms with Gasteiger partial charge in [-0.15, -0.1) is 0 Å². The zero-order valence-electron chi connectivity index (χ0n) is 6.67. The molecule has 0 fully saturated rings. The summed E-state index contributed by atoms with van der Waals surface area (Å²) in [5.74, 6) is 0. The molecule has 0 heterocycles. The summed E-state index contributed by atoms with van der Waals surface area (Å²) in [7, 11) is 1.33. The predicted molar refractivity (Wildman–Crippen MR) is 45.3 cm³/mol. The first kappa shape index (κ1) is 8.77. The lowest BCUT2D eigenvalue weighted by Crippen LogP contribution is -2.23. The minimum Gasteiger partial charge on any atom is -0.399 e. The molecule has 0 aliphatic heterocycles. The molecule has 66 valence electrons. The molecule has 0 bridgehead atoms. The molecule has 0 amide bonds. The van der Waals surface area contributed by atoms with E-state index in [0.717, 1.165) is 4.90 Å². The Morgan fingerprint density at radius 1 is 1.25 bits per heavy atom. The number of nitrogen functional groups attached to an aromatic ring is 1. The first-order valence-corrected chi connectivity index (χ1v) is 3.48. The molecule has 0 saturated carbocycles. The van der Waals surface area contributed by atoms with E-state index in [2.05, 4.69) is 0 Å². The molecule has 0 aliphatic carbocycles. The highest BCUT2D eigenvalue weighted by Crippen LogP contribution is 2.17. The van der Waals surface area contributed by atoms with Gasteiger partial charge in [0.25, 0.3) is 0 Å². The number of anilines is 2. The van der Waals surface area contributed by atoms with Crippen LogP contribution in [0.2, 0.25) is 0 Å². The van der Waals surface area contributed by atoms with Crippen molar-refractivity contribution in [2.24, 2.45) is 0 Å². The van der Waals surface area contributed by atoms with Crippen molar-refractivity contribution < 1.29 is 8.78 Å². The normalized spacial score (nSPS) is 10.3. The molecule has 12 heavy (non-hydrogen) atoms. The van der Waals surface area contributed by atoms with Crippen LogP contribution >= 0.6 is 0 Å². The molecule has 0 saturated heterocycles. The molecular weight excluding hydrogens is 162 g/mol. The summed E-state index contributed by atoms with van der Waals surface area (Å²) in [6, 6.07) is 6.30. The van der Waals surface area contributed by atoms with Gasteiger partial charge in [0, 0.05) is 18.4 Å². The molecule has 0 spiro atoms. The first-order chi connectivity index (χ1) is 5.61. The molecule has 1 aromatic rings. The number of rotatable bonds is 2. The quantitative estimate of drug-likeness (QED) is 0.545. The van der Waals surface area contributed by atoms with Crippen LogP contribution in [0.3, 0.4) is 0 Å². The highest BCUT2D eigenvalue weighted by molar-refractivity contribution is 5.52. The molecule has 2 nitrogen and oxygen atoms in total. The van der Waals surface area contributed by atoms with Gasteiger partial charge in [0.05, 0.1) is 0 Å². The van der Waals surface area contributed by atoms with Gasteiger partial charge in [0.1, 0.15) is 0 Å². The molecule has 0 aromatic heterocycles. The number of nitrogens with zero attached hydrogens (tertiary/aromatic N) is 1. The molecule has 1 rings (SSSR count). The third-order valence-corrected chi connectivity index (χ3v) is 1.59. The van der Waals surface area contributed by atoms with Crippen LogP contribution in [0.1, 0.15) is 0 Å². The van der Waals surface area contributed by atoms with Crippen LogP contribution in [0.5, 0.6) is 0 Å². The molecular formula is C8H10F2N2. The fourth-order valence-corrected chi connectivity index (χ4v) is 0.822. The van der Waals surface area contributed by atoms with Crippen LogP contribution in [0.4, 0.5) is 20.2 Å². The maximum absolute atomic E-state index is 12.1. The summed E-state index contributed by atoms with van der Waals surface area (Å²) in [5.41, 5.74) is 6.43. The predicted octanol–water partition coefficient (Wildman–Crippen LogP) is 1.93. The molecule has 4 heteroatoms. The maximum Gasteiger partial charge on any atom is 0.315 e. The highest BCUT2D eigenvalue weighted by atomic mass is 19.3. The van der Waals surface area contributed by atoms with Gasteiger partial charge >= 0.3 is 6.55 Å². The van der Waals surface area contributed by atoms with Crippen LogP contribution in [-0.4, -0.2) is 13.6 Å². The third kappa shape index (κ3) is 1.84. The van der Waals surface area contributed by atoms with Crippen molar-refractivity contribution in [3.63, 3.8) is 0 Å². The van der Waals surface area contributed by atoms with E-state index in [1.54, 1.807) is 24.3 Å². The van der Waals surface area contributed by atoms with E-state index in [4.69, 9.17) is 5.73 Å². The van der Waals surface area contributed by atoms with E-state index in [-0.39, 0.29) is 0 Å². The van der Waals surface area contributed by atoms with Crippen molar-refractivity contribution in [1.29, 1.82) is 0 Å². The number of hydrogen-bond acceptors (Lipinski definition) is 2. The average Bonchev–Trinajstić information content (AvgIpc) is 2.04. The van der Waals surface area contributed by atoms with Crippen LogP contribution in [0.15, 0.2) is 24.3 Å². The molecule has 0 radical (unpaired) electrons. The lowest BCUT2D eigenvalue weighted by molar-refractivity contribution is 0.149. The number of hydrogen-bond donors (Lipinski definition) is 1. The van der Waals surface area contributed by atoms with Crippen molar-refractivity contribution in [2.45, 2.75) is 6.55 Å². The lowest BCUT2D eigenvalue weighted by atomic mass is 10.3. The Hall–Kier alpha value is -1.32. The Kier molecular flexibility index (Phi) is 2.47. The van der Waals surface area contributed by atoms with Gasteiger partial charge in [-0.25, -0.2) is 0 Å². The van der Waals surface area contributed by atoms with Crippen molar-refractivity contribution in [3.8, 4) is 0 Å². The Morgan fingerprint density at radius 3 is 2.17 bits per heavy atom. The number of benzene rings is 1. The summed E-state index contributed by atoms with van der Waals surface area (Å²) in [6.45, 7) is -2.48. The minimum absolute atomic E-state index is 0.458. The molecule has 0 unspecified atom stereocenters. The minimum atomic E-state index is -2.48. The molecule has 2 N–H and O–H groups in total. The van der Waals surface area contributed by atoms with E-state index in [1.807, 2.05) is 0 Å². The average molecular weight is 172 g/mol. The van der Waals surface area contributed by atoms with E-state index in [0.29, 0.717) is 11.4 Å². The van der Waals surface area contributed by atoms with Crippen molar-refractivity contribution in [2.75, 3.05) is 17.7 Å². The monoisotopic (exact) mass is 172 g/mol. The van der Waals surface area contributed by atoms with Crippen LogP contribution in [0, 0.1) is 0 Å². The topological polar surface area (TPSA) is 29.3 Å². The summed E-state index contributed by atoms with van der Waals surface area (Å²) in [6.07, 6.45) is 0. The van der Waals surface area contributed by atoms with E-state index < -0.39 is 6.55 Å². The second kappa shape index (κ2) is 3.38.